The quantitative estimate of drug-likeness (QED) is 0.289. The normalized spacial score (nSPS) is 22.4. The minimum absolute atomic E-state index is 0.114. The van der Waals surface area contributed by atoms with Crippen molar-refractivity contribution in [2.75, 3.05) is 27.2 Å². The number of rotatable bonds is 16. The highest BCUT2D eigenvalue weighted by atomic mass is 16.3. The third-order valence-corrected chi connectivity index (χ3v) is 6.02. The highest BCUT2D eigenvalue weighted by Crippen LogP contribution is 2.36. The van der Waals surface area contributed by atoms with Crippen LogP contribution in [0, 0.1) is 11.8 Å². The molecule has 0 aromatic rings. The first-order chi connectivity index (χ1) is 13.5. The fraction of sp³-hybridized carbons (Fsp3) is 0.875. The summed E-state index contributed by atoms with van der Waals surface area (Å²) in [5, 5.41) is 13.3. The third-order valence-electron chi connectivity index (χ3n) is 6.02. The lowest BCUT2D eigenvalue weighted by Gasteiger charge is -2.19. The summed E-state index contributed by atoms with van der Waals surface area (Å²) in [6.45, 7) is 3.88. The van der Waals surface area contributed by atoms with Gasteiger partial charge >= 0.3 is 0 Å². The first kappa shape index (κ1) is 25.2. The number of hydrogen-bond acceptors (Lipinski definition) is 3. The van der Waals surface area contributed by atoms with Crippen molar-refractivity contribution in [3.8, 4) is 0 Å². The highest BCUT2D eigenvalue weighted by molar-refractivity contribution is 5.75. The fourth-order valence-electron chi connectivity index (χ4n) is 4.21. The highest BCUT2D eigenvalue weighted by Gasteiger charge is 2.32. The number of nitrogens with one attached hydrogen (secondary N) is 1. The molecule has 0 aromatic carbocycles. The van der Waals surface area contributed by atoms with Crippen LogP contribution >= 0.6 is 0 Å². The average molecular weight is 395 g/mol. The van der Waals surface area contributed by atoms with E-state index < -0.39 is 0 Å². The molecule has 1 amide bonds. The standard InChI is InChI=1S/C24H46N2O2/c1-4-5-6-7-8-11-14-21-17-18-23(27)22(21)15-12-9-10-13-16-24(28)25-19-20-26(2)3/h11,14,21-23,27H,4-10,12-13,15-20H2,1-3H3,(H,25,28)/t21-,22+,23+/m0/s1. The van der Waals surface area contributed by atoms with Crippen LogP contribution < -0.4 is 5.32 Å². The van der Waals surface area contributed by atoms with Crippen LogP contribution in [0.3, 0.4) is 0 Å². The van der Waals surface area contributed by atoms with Crippen molar-refractivity contribution in [3.63, 3.8) is 0 Å². The molecule has 0 radical (unpaired) electrons. The molecule has 2 N–H and O–H groups in total. The van der Waals surface area contributed by atoms with E-state index >= 15 is 0 Å². The van der Waals surface area contributed by atoms with Gasteiger partial charge in [-0.3, -0.25) is 4.79 Å². The molecule has 0 saturated heterocycles. The van der Waals surface area contributed by atoms with Gasteiger partial charge in [-0.1, -0.05) is 57.6 Å². The molecule has 0 aromatic heterocycles. The fourth-order valence-corrected chi connectivity index (χ4v) is 4.21. The summed E-state index contributed by atoms with van der Waals surface area (Å²) < 4.78 is 0. The molecule has 1 aliphatic rings. The second kappa shape index (κ2) is 16.0. The van der Waals surface area contributed by atoms with Gasteiger partial charge in [-0.15, -0.1) is 0 Å². The Morgan fingerprint density at radius 2 is 1.82 bits per heavy atom. The molecule has 4 heteroatoms. The molecule has 164 valence electrons. The molecule has 1 saturated carbocycles. The third kappa shape index (κ3) is 11.9. The van der Waals surface area contributed by atoms with Crippen LogP contribution in [0.5, 0.6) is 0 Å². The van der Waals surface area contributed by atoms with E-state index in [0.29, 0.717) is 18.3 Å². The van der Waals surface area contributed by atoms with Crippen LogP contribution in [0.2, 0.25) is 0 Å². The number of likely N-dealkylation sites (N-methyl/N-ethyl adjacent to an activating group) is 1. The van der Waals surface area contributed by atoms with Gasteiger partial charge in [0.25, 0.3) is 0 Å². The van der Waals surface area contributed by atoms with E-state index in [1.807, 2.05) is 14.1 Å². The van der Waals surface area contributed by atoms with Gasteiger partial charge in [0.05, 0.1) is 6.10 Å². The van der Waals surface area contributed by atoms with Crippen molar-refractivity contribution in [1.82, 2.24) is 10.2 Å². The van der Waals surface area contributed by atoms with Crippen molar-refractivity contribution in [2.24, 2.45) is 11.8 Å². The van der Waals surface area contributed by atoms with Gasteiger partial charge in [0, 0.05) is 19.5 Å². The maximum absolute atomic E-state index is 11.8. The molecule has 1 rings (SSSR count). The number of unbranched alkanes of at least 4 members (excludes halogenated alkanes) is 7. The van der Waals surface area contributed by atoms with Gasteiger partial charge in [0.15, 0.2) is 0 Å². The minimum Gasteiger partial charge on any atom is -0.393 e. The van der Waals surface area contributed by atoms with Crippen molar-refractivity contribution in [3.05, 3.63) is 12.2 Å². The SMILES string of the molecule is CCCCCCC=C[C@H]1CC[C@@H](O)[C@@H]1CCCCCCC(=O)NCCN(C)C. The lowest BCUT2D eigenvalue weighted by molar-refractivity contribution is -0.121. The molecule has 1 fully saturated rings. The van der Waals surface area contributed by atoms with Crippen LogP contribution in [-0.2, 0) is 4.79 Å². The zero-order chi connectivity index (χ0) is 20.6. The van der Waals surface area contributed by atoms with Crippen molar-refractivity contribution in [2.45, 2.75) is 96.5 Å². The van der Waals surface area contributed by atoms with Crippen molar-refractivity contribution in [1.29, 1.82) is 0 Å². The van der Waals surface area contributed by atoms with Crippen LogP contribution in [0.4, 0.5) is 0 Å². The molecule has 1 aliphatic carbocycles. The molecule has 3 atom stereocenters. The Kier molecular flexibility index (Phi) is 14.4. The van der Waals surface area contributed by atoms with Crippen molar-refractivity contribution >= 4 is 5.91 Å². The minimum atomic E-state index is -0.114. The molecule has 0 aliphatic heterocycles. The van der Waals surface area contributed by atoms with E-state index in [1.165, 1.54) is 44.9 Å². The van der Waals surface area contributed by atoms with Gasteiger partial charge in [-0.05, 0) is 64.5 Å². The molecule has 0 bridgehead atoms. The molecule has 0 spiro atoms. The summed E-state index contributed by atoms with van der Waals surface area (Å²) >= 11 is 0. The Bertz CT molecular complexity index is 423. The van der Waals surface area contributed by atoms with Crippen LogP contribution in [0.25, 0.3) is 0 Å². The van der Waals surface area contributed by atoms with E-state index in [-0.39, 0.29) is 12.0 Å². The molecule has 28 heavy (non-hydrogen) atoms. The smallest absolute Gasteiger partial charge is 0.220 e. The van der Waals surface area contributed by atoms with Gasteiger partial charge in [-0.25, -0.2) is 0 Å². The summed E-state index contributed by atoms with van der Waals surface area (Å²) in [5.74, 6) is 1.20. The number of nitrogens with zero attached hydrogens (tertiary/aromatic N) is 1. The summed E-state index contributed by atoms with van der Waals surface area (Å²) in [6, 6.07) is 0. The van der Waals surface area contributed by atoms with E-state index in [2.05, 4.69) is 29.3 Å². The number of carbonyl (C=O) groups is 1. The number of hydrogen-bond donors (Lipinski definition) is 2. The summed E-state index contributed by atoms with van der Waals surface area (Å²) in [7, 11) is 4.03. The topological polar surface area (TPSA) is 52.6 Å². The number of carbonyl (C=O) groups excluding carboxylic acids is 1. The number of aliphatic hydroxyl groups excluding tert-OH is 1. The second-order valence-electron chi connectivity index (χ2n) is 8.86. The Labute approximate surface area is 174 Å². The van der Waals surface area contributed by atoms with E-state index in [0.717, 1.165) is 45.2 Å². The number of allylic oxidation sites excluding steroid dienone is 2. The van der Waals surface area contributed by atoms with Crippen LogP contribution in [0.1, 0.15) is 90.4 Å². The van der Waals surface area contributed by atoms with Gasteiger partial charge < -0.3 is 15.3 Å². The van der Waals surface area contributed by atoms with E-state index in [4.69, 9.17) is 0 Å². The van der Waals surface area contributed by atoms with Gasteiger partial charge in [0.2, 0.25) is 5.91 Å². The number of aliphatic hydroxyl groups is 1. The maximum Gasteiger partial charge on any atom is 0.220 e. The first-order valence-electron chi connectivity index (χ1n) is 11.8. The lowest BCUT2D eigenvalue weighted by atomic mass is 9.88. The van der Waals surface area contributed by atoms with E-state index in [1.54, 1.807) is 0 Å². The molecule has 4 nitrogen and oxygen atoms in total. The van der Waals surface area contributed by atoms with Gasteiger partial charge in [-0.2, -0.15) is 0 Å². The van der Waals surface area contributed by atoms with E-state index in [9.17, 15) is 9.90 Å². The summed E-state index contributed by atoms with van der Waals surface area (Å²) in [5.41, 5.74) is 0. The Hall–Kier alpha value is -0.870. The Balaban J connectivity index is 2.10. The summed E-state index contributed by atoms with van der Waals surface area (Å²) in [6.07, 6.45) is 19.4. The van der Waals surface area contributed by atoms with Gasteiger partial charge in [0.1, 0.15) is 0 Å². The molecule has 0 heterocycles. The predicted molar refractivity (Wildman–Crippen MR) is 119 cm³/mol. The van der Waals surface area contributed by atoms with Crippen LogP contribution in [0.15, 0.2) is 12.2 Å². The zero-order valence-electron chi connectivity index (χ0n) is 18.8. The second-order valence-corrected chi connectivity index (χ2v) is 8.86. The Morgan fingerprint density at radius 3 is 2.57 bits per heavy atom. The maximum atomic E-state index is 11.8. The van der Waals surface area contributed by atoms with Crippen molar-refractivity contribution < 1.29 is 9.90 Å². The monoisotopic (exact) mass is 394 g/mol. The Morgan fingerprint density at radius 1 is 1.07 bits per heavy atom. The lowest BCUT2D eigenvalue weighted by Crippen LogP contribution is -2.31. The van der Waals surface area contributed by atoms with Crippen LogP contribution in [-0.4, -0.2) is 49.2 Å². The largest absolute Gasteiger partial charge is 0.393 e. The number of amides is 1. The molecular formula is C24H46N2O2. The first-order valence-corrected chi connectivity index (χ1v) is 11.8. The predicted octanol–water partition coefficient (Wildman–Crippen LogP) is 4.92. The summed E-state index contributed by atoms with van der Waals surface area (Å²) in [4.78, 5) is 13.8. The zero-order valence-corrected chi connectivity index (χ0v) is 18.8. The molecular weight excluding hydrogens is 348 g/mol. The molecule has 0 unspecified atom stereocenters. The average Bonchev–Trinajstić information content (AvgIpc) is 3.00.